The molecule has 6 amide bonds. The van der Waals surface area contributed by atoms with Crippen LogP contribution in [-0.2, 0) is 58.9 Å². The lowest BCUT2D eigenvalue weighted by Gasteiger charge is -2.55. The molecule has 4 heterocycles. The van der Waals surface area contributed by atoms with E-state index in [0.29, 0.717) is 26.0 Å². The Kier molecular flexibility index (Phi) is 12.7. The van der Waals surface area contributed by atoms with Gasteiger partial charge in [-0.25, -0.2) is 0 Å². The average Bonchev–Trinajstić information content (AvgIpc) is 3.81. The number of morpholine rings is 1. The number of hydrogen-bond acceptors (Lipinski definition) is 18. The Hall–Kier alpha value is -6.34. The Balaban J connectivity index is 0.814. The molecule has 5 unspecified atom stereocenters. The summed E-state index contributed by atoms with van der Waals surface area (Å²) in [5.74, 6) is -6.24. The average molecular weight is 1040 g/mol. The van der Waals surface area contributed by atoms with Crippen molar-refractivity contribution in [3.8, 4) is 17.2 Å². The second kappa shape index (κ2) is 18.7. The van der Waals surface area contributed by atoms with Crippen molar-refractivity contribution in [3.63, 3.8) is 0 Å². The van der Waals surface area contributed by atoms with Gasteiger partial charge in [0.2, 0.25) is 23.5 Å². The van der Waals surface area contributed by atoms with Crippen LogP contribution in [0.3, 0.4) is 0 Å². The third kappa shape index (κ3) is 8.37. The quantitative estimate of drug-likeness (QED) is 0.0817. The van der Waals surface area contributed by atoms with E-state index in [9.17, 15) is 53.7 Å². The van der Waals surface area contributed by atoms with Crippen molar-refractivity contribution in [3.05, 3.63) is 63.7 Å². The molecule has 9 aliphatic rings. The van der Waals surface area contributed by atoms with Crippen molar-refractivity contribution in [2.75, 3.05) is 33.9 Å². The largest absolute Gasteiger partial charge is 0.507 e. The number of benzene rings is 2. The Morgan fingerprint density at radius 3 is 2.36 bits per heavy atom. The molecule has 0 bridgehead atoms. The maximum Gasteiger partial charge on any atom is 0.253 e. The van der Waals surface area contributed by atoms with Gasteiger partial charge in [-0.3, -0.25) is 48.2 Å². The summed E-state index contributed by atoms with van der Waals surface area (Å²) in [5, 5.41) is 48.6. The van der Waals surface area contributed by atoms with E-state index in [-0.39, 0.29) is 71.2 Å². The number of rotatable bonds is 14. The Labute approximate surface area is 429 Å². The number of carbonyl (C=O) groups is 8. The van der Waals surface area contributed by atoms with E-state index in [0.717, 1.165) is 23.5 Å². The Morgan fingerprint density at radius 2 is 1.63 bits per heavy atom. The molecule has 11 rings (SSSR count). The van der Waals surface area contributed by atoms with E-state index in [2.05, 4.69) is 26.2 Å². The first-order valence-electron chi connectivity index (χ1n) is 25.5. The third-order valence-corrected chi connectivity index (χ3v) is 17.0. The molecule has 400 valence electrons. The molecule has 15 atom stereocenters. The summed E-state index contributed by atoms with van der Waals surface area (Å²) in [6, 6.07) is 1.69. The number of nitrogens with one attached hydrogen (secondary N) is 4. The number of imide groups is 1. The Morgan fingerprint density at radius 1 is 0.893 bits per heavy atom. The molecule has 4 aliphatic heterocycles. The number of hydrogen-bond donors (Lipinski definition) is 7. The molecule has 23 nitrogen and oxygen atoms in total. The van der Waals surface area contributed by atoms with Crippen molar-refractivity contribution in [2.24, 2.45) is 17.8 Å². The maximum absolute atomic E-state index is 14.9. The molecule has 0 radical (unpaired) electrons. The van der Waals surface area contributed by atoms with E-state index in [4.69, 9.17) is 28.4 Å². The van der Waals surface area contributed by atoms with Gasteiger partial charge in [0.15, 0.2) is 24.6 Å². The maximum atomic E-state index is 14.9. The number of phenolic OH excluding ortho intramolecular Hbond substituents is 2. The van der Waals surface area contributed by atoms with Gasteiger partial charge < -0.3 is 65.0 Å². The molecule has 2 aromatic rings. The number of ketones is 2. The molecule has 3 saturated carbocycles. The van der Waals surface area contributed by atoms with E-state index in [1.165, 1.54) is 46.3 Å². The number of amides is 6. The van der Waals surface area contributed by atoms with Crippen molar-refractivity contribution in [1.29, 1.82) is 0 Å². The zero-order valence-electron chi connectivity index (χ0n) is 41.9. The monoisotopic (exact) mass is 1040 g/mol. The summed E-state index contributed by atoms with van der Waals surface area (Å²) in [4.78, 5) is 110. The zero-order valence-corrected chi connectivity index (χ0v) is 41.9. The van der Waals surface area contributed by atoms with Gasteiger partial charge in [-0.05, 0) is 57.9 Å². The standard InChI is InChI=1S/C52H60N6O17/c1-21(53-32(59)11-12-58-33(60)9-10-34(58)61)46(66)54-22(2)47(67)55-28-19-51(17-24-15-26(24)40(28)51)56-50(68)52(69)18-27-37(44(65)39-38(42(27)63)41(62)25-7-6-8-30(70-4)36(25)43(39)64)31(20-52)74-35-16-29-45(23(3)73-35)75-48-49(71-5)72-14-13-57(29)48/h6-10,21-24,26,28-29,31,35,40,45,48-49,63,65,69H,11-20H2,1-5H3,(H,53,59)(H,54,66)(H,55,67)(H,56,68)/t21-,22-,23-,24?,26?,28?,29-,31-,35-,40?,45+,48+,49-,51?,52-/m0/s1. The van der Waals surface area contributed by atoms with Gasteiger partial charge >= 0.3 is 0 Å². The smallest absolute Gasteiger partial charge is 0.253 e. The van der Waals surface area contributed by atoms with Crippen LogP contribution in [0.4, 0.5) is 0 Å². The molecular formula is C52H60N6O17. The summed E-state index contributed by atoms with van der Waals surface area (Å²) >= 11 is 0. The number of ether oxygens (including phenoxy) is 6. The molecule has 23 heteroatoms. The van der Waals surface area contributed by atoms with Gasteiger partial charge in [0.1, 0.15) is 41.0 Å². The van der Waals surface area contributed by atoms with Crippen LogP contribution >= 0.6 is 0 Å². The molecule has 0 spiro atoms. The Bertz CT molecular complexity index is 2840. The van der Waals surface area contributed by atoms with Crippen LogP contribution in [0.25, 0.3) is 0 Å². The predicted molar refractivity (Wildman–Crippen MR) is 254 cm³/mol. The van der Waals surface area contributed by atoms with Gasteiger partial charge in [-0.2, -0.15) is 0 Å². The lowest BCUT2D eigenvalue weighted by atomic mass is 9.61. The highest BCUT2D eigenvalue weighted by atomic mass is 16.7. The van der Waals surface area contributed by atoms with E-state index in [1.54, 1.807) is 0 Å². The van der Waals surface area contributed by atoms with Crippen LogP contribution in [0.5, 0.6) is 17.2 Å². The van der Waals surface area contributed by atoms with Gasteiger partial charge in [0.05, 0.1) is 42.6 Å². The first-order valence-corrected chi connectivity index (χ1v) is 25.5. The molecular weight excluding hydrogens is 981 g/mol. The second-order valence-corrected chi connectivity index (χ2v) is 21.4. The fraction of sp³-hybridized carbons (Fsp3) is 0.577. The molecule has 6 fully saturated rings. The van der Waals surface area contributed by atoms with Crippen LogP contribution in [0.15, 0.2) is 30.4 Å². The summed E-state index contributed by atoms with van der Waals surface area (Å²) < 4.78 is 36.3. The minimum atomic E-state index is -2.33. The molecule has 7 N–H and O–H groups in total. The number of phenols is 2. The fourth-order valence-corrected chi connectivity index (χ4v) is 13.3. The number of aromatic hydroxyl groups is 2. The highest BCUT2D eigenvalue weighted by molar-refractivity contribution is 6.31. The molecule has 75 heavy (non-hydrogen) atoms. The highest BCUT2D eigenvalue weighted by Gasteiger charge is 2.71. The third-order valence-electron chi connectivity index (χ3n) is 17.0. The topological polar surface area (TPSA) is 307 Å². The number of nitrogens with zero attached hydrogens (tertiary/aromatic N) is 2. The van der Waals surface area contributed by atoms with Gasteiger partial charge in [-0.1, -0.05) is 12.1 Å². The fourth-order valence-electron chi connectivity index (χ4n) is 13.3. The minimum absolute atomic E-state index is 0.0672. The zero-order chi connectivity index (χ0) is 53.2. The lowest BCUT2D eigenvalue weighted by Crippen LogP contribution is -2.72. The highest BCUT2D eigenvalue weighted by Crippen LogP contribution is 2.67. The first kappa shape index (κ1) is 50.8. The van der Waals surface area contributed by atoms with Crippen molar-refractivity contribution >= 4 is 47.0 Å². The summed E-state index contributed by atoms with van der Waals surface area (Å²) in [6.45, 7) is 5.50. The minimum Gasteiger partial charge on any atom is -0.507 e. The summed E-state index contributed by atoms with van der Waals surface area (Å²) in [7, 11) is 2.87. The second-order valence-electron chi connectivity index (χ2n) is 21.4. The number of carbonyl (C=O) groups excluding carboxylic acids is 8. The molecule has 3 saturated heterocycles. The predicted octanol–water partition coefficient (Wildman–Crippen LogP) is -0.126. The van der Waals surface area contributed by atoms with Crippen LogP contribution < -0.4 is 26.0 Å². The van der Waals surface area contributed by atoms with Crippen LogP contribution in [-0.4, -0.2) is 172 Å². The van der Waals surface area contributed by atoms with Gasteiger partial charge in [0, 0.05) is 98.3 Å². The van der Waals surface area contributed by atoms with Crippen LogP contribution in [0.1, 0.15) is 108 Å². The van der Waals surface area contributed by atoms with Crippen molar-refractivity contribution < 1.29 is 82.1 Å². The van der Waals surface area contributed by atoms with E-state index >= 15 is 0 Å². The molecule has 2 aromatic carbocycles. The van der Waals surface area contributed by atoms with Crippen LogP contribution in [0, 0.1) is 17.8 Å². The summed E-state index contributed by atoms with van der Waals surface area (Å²) in [6.07, 6.45) is -1.61. The van der Waals surface area contributed by atoms with Gasteiger partial charge in [-0.15, -0.1) is 0 Å². The number of aliphatic hydroxyl groups is 1. The molecule has 0 aromatic heterocycles. The molecule has 5 aliphatic carbocycles. The number of fused-ring (bicyclic) bond motifs is 9. The lowest BCUT2D eigenvalue weighted by molar-refractivity contribution is -0.256. The van der Waals surface area contributed by atoms with Crippen LogP contribution in [0.2, 0.25) is 0 Å². The van der Waals surface area contributed by atoms with Crippen molar-refractivity contribution in [2.45, 2.75) is 138 Å². The normalized spacial score (nSPS) is 34.6. The first-order chi connectivity index (χ1) is 35.8. The van der Waals surface area contributed by atoms with E-state index in [1.807, 2.05) is 6.92 Å². The van der Waals surface area contributed by atoms with E-state index < -0.39 is 149 Å². The van der Waals surface area contributed by atoms with Gasteiger partial charge in [0.25, 0.3) is 17.7 Å². The van der Waals surface area contributed by atoms with Crippen molar-refractivity contribution in [1.82, 2.24) is 31.1 Å². The number of methoxy groups -OCH3 is 2. The summed E-state index contributed by atoms with van der Waals surface area (Å²) in [5.41, 5.74) is -4.53. The SMILES string of the molecule is COc1cccc2c1C(=O)c1c(O)c3c(c(O)c1C2=O)C[C@@](O)(C(=O)NC12CC4CC4C1C(NC(=O)[C@H](C)NC(=O)[C@H](C)NC(=O)CCN1C(=O)C=CC1=O)C2)C[C@@H]3O[C@H]1C[C@H]2[C@H](O[C@@H]3[C@@H](OC)OCCN32)[C@H](C)O1.